The molecule has 0 spiro atoms. The summed E-state index contributed by atoms with van der Waals surface area (Å²) in [4.78, 5) is 14.7. The highest BCUT2D eigenvalue weighted by molar-refractivity contribution is 6.35. The molecule has 0 atom stereocenters. The van der Waals surface area contributed by atoms with E-state index in [1.807, 2.05) is 0 Å². The average Bonchev–Trinajstić information content (AvgIpc) is 3.02. The fraction of sp³-hybridized carbons (Fsp3) is 0.500. The van der Waals surface area contributed by atoms with E-state index in [0.717, 1.165) is 31.5 Å². The molecule has 26 heavy (non-hydrogen) atoms. The third-order valence-corrected chi connectivity index (χ3v) is 5.06. The first-order valence-corrected chi connectivity index (χ1v) is 9.56. The minimum atomic E-state index is -0.0476. The quantitative estimate of drug-likeness (QED) is 0.843. The van der Waals surface area contributed by atoms with Crippen molar-refractivity contribution in [3.63, 3.8) is 0 Å². The predicted octanol–water partition coefficient (Wildman–Crippen LogP) is 3.24. The summed E-state index contributed by atoms with van der Waals surface area (Å²) >= 11 is 12.0. The molecule has 1 fully saturated rings. The minimum absolute atomic E-state index is 0.0476. The van der Waals surface area contributed by atoms with Crippen molar-refractivity contribution >= 4 is 29.1 Å². The van der Waals surface area contributed by atoms with Gasteiger partial charge < -0.3 is 10.2 Å². The van der Waals surface area contributed by atoms with Gasteiger partial charge in [0.1, 0.15) is 12.2 Å². The van der Waals surface area contributed by atoms with Gasteiger partial charge in [-0.25, -0.2) is 4.68 Å². The Bertz CT molecular complexity index is 748. The Morgan fingerprint density at radius 1 is 1.23 bits per heavy atom. The molecule has 6 nitrogen and oxygen atoms in total. The van der Waals surface area contributed by atoms with Crippen LogP contribution < -0.4 is 5.32 Å². The molecule has 0 radical (unpaired) electrons. The van der Waals surface area contributed by atoms with Crippen LogP contribution in [0.15, 0.2) is 24.4 Å². The zero-order valence-electron chi connectivity index (χ0n) is 15.0. The van der Waals surface area contributed by atoms with Gasteiger partial charge in [0.2, 0.25) is 5.91 Å². The smallest absolute Gasteiger partial charge is 0.242 e. The first-order chi connectivity index (χ1) is 12.4. The Morgan fingerprint density at radius 2 is 1.88 bits per heavy atom. The summed E-state index contributed by atoms with van der Waals surface area (Å²) < 4.78 is 1.53. The Kier molecular flexibility index (Phi) is 6.16. The van der Waals surface area contributed by atoms with Crippen LogP contribution in [0.4, 0.5) is 0 Å². The van der Waals surface area contributed by atoms with Crippen molar-refractivity contribution < 1.29 is 4.79 Å². The standard InChI is InChI=1S/C18H23Cl2N5O/c1-12(2)24-5-3-16(4-6-24)21-18(26)11-25-10-17(22-23-25)13-7-14(19)9-15(20)8-13/h7-10,12,16H,3-6,11H2,1-2H3,(H,21,26). The molecule has 1 saturated heterocycles. The summed E-state index contributed by atoms with van der Waals surface area (Å²) in [5.41, 5.74) is 1.41. The number of carbonyl (C=O) groups is 1. The van der Waals surface area contributed by atoms with E-state index in [-0.39, 0.29) is 18.5 Å². The highest BCUT2D eigenvalue weighted by Gasteiger charge is 2.22. The molecule has 1 aliphatic rings. The van der Waals surface area contributed by atoms with Crippen molar-refractivity contribution in [1.82, 2.24) is 25.2 Å². The first-order valence-electron chi connectivity index (χ1n) is 8.80. The lowest BCUT2D eigenvalue weighted by atomic mass is 10.0. The SMILES string of the molecule is CC(C)N1CCC(NC(=O)Cn2cc(-c3cc(Cl)cc(Cl)c3)nn2)CC1. The van der Waals surface area contributed by atoms with Crippen molar-refractivity contribution in [2.45, 2.75) is 45.3 Å². The summed E-state index contributed by atoms with van der Waals surface area (Å²) in [5.74, 6) is -0.0476. The van der Waals surface area contributed by atoms with E-state index in [4.69, 9.17) is 23.2 Å². The zero-order valence-corrected chi connectivity index (χ0v) is 16.5. The Balaban J connectivity index is 1.55. The van der Waals surface area contributed by atoms with E-state index < -0.39 is 0 Å². The number of benzene rings is 1. The average molecular weight is 396 g/mol. The highest BCUT2D eigenvalue weighted by Crippen LogP contribution is 2.25. The normalized spacial score (nSPS) is 16.2. The molecule has 1 aromatic heterocycles. The van der Waals surface area contributed by atoms with Gasteiger partial charge in [0.15, 0.2) is 0 Å². The maximum atomic E-state index is 12.3. The van der Waals surface area contributed by atoms with Gasteiger partial charge in [-0.05, 0) is 44.9 Å². The van der Waals surface area contributed by atoms with Crippen molar-refractivity contribution in [2.75, 3.05) is 13.1 Å². The third kappa shape index (κ3) is 4.96. The number of likely N-dealkylation sites (tertiary alicyclic amines) is 1. The summed E-state index contributed by atoms with van der Waals surface area (Å²) in [7, 11) is 0. The fourth-order valence-corrected chi connectivity index (χ4v) is 3.72. The van der Waals surface area contributed by atoms with Crippen molar-refractivity contribution in [1.29, 1.82) is 0 Å². The monoisotopic (exact) mass is 395 g/mol. The van der Waals surface area contributed by atoms with Crippen LogP contribution in [-0.4, -0.2) is 51.0 Å². The van der Waals surface area contributed by atoms with Crippen molar-refractivity contribution in [2.24, 2.45) is 0 Å². The molecule has 0 unspecified atom stereocenters. The van der Waals surface area contributed by atoms with Crippen LogP contribution >= 0.6 is 23.2 Å². The van der Waals surface area contributed by atoms with Crippen LogP contribution in [0.25, 0.3) is 11.3 Å². The number of rotatable bonds is 5. The van der Waals surface area contributed by atoms with Crippen molar-refractivity contribution in [3.05, 3.63) is 34.4 Å². The van der Waals surface area contributed by atoms with E-state index in [0.29, 0.717) is 21.8 Å². The van der Waals surface area contributed by atoms with Gasteiger partial charge in [-0.1, -0.05) is 28.4 Å². The van der Waals surface area contributed by atoms with Gasteiger partial charge in [0.05, 0.1) is 6.20 Å². The van der Waals surface area contributed by atoms with Gasteiger partial charge in [-0.15, -0.1) is 5.10 Å². The predicted molar refractivity (Wildman–Crippen MR) is 103 cm³/mol. The molecule has 2 heterocycles. The van der Waals surface area contributed by atoms with Gasteiger partial charge >= 0.3 is 0 Å². The van der Waals surface area contributed by atoms with Crippen LogP contribution in [0.2, 0.25) is 10.0 Å². The van der Waals surface area contributed by atoms with E-state index in [2.05, 4.69) is 34.4 Å². The van der Waals surface area contributed by atoms with Gasteiger partial charge in [-0.3, -0.25) is 4.79 Å². The van der Waals surface area contributed by atoms with Crippen LogP contribution in [0.1, 0.15) is 26.7 Å². The molecule has 1 aromatic carbocycles. The molecule has 3 rings (SSSR count). The van der Waals surface area contributed by atoms with Crippen molar-refractivity contribution in [3.8, 4) is 11.3 Å². The number of carbonyl (C=O) groups excluding carboxylic acids is 1. The minimum Gasteiger partial charge on any atom is -0.352 e. The molecular weight excluding hydrogens is 373 g/mol. The Labute approximate surface area is 163 Å². The lowest BCUT2D eigenvalue weighted by Gasteiger charge is -2.34. The van der Waals surface area contributed by atoms with Gasteiger partial charge in [0, 0.05) is 40.8 Å². The second-order valence-corrected chi connectivity index (χ2v) is 7.80. The molecule has 140 valence electrons. The number of aromatic nitrogens is 3. The summed E-state index contributed by atoms with van der Waals surface area (Å²) in [5, 5.41) is 12.3. The molecule has 8 heteroatoms. The third-order valence-electron chi connectivity index (χ3n) is 4.63. The van der Waals surface area contributed by atoms with Crippen LogP contribution in [0.3, 0.4) is 0 Å². The maximum Gasteiger partial charge on any atom is 0.242 e. The molecule has 0 saturated carbocycles. The number of hydrogen-bond acceptors (Lipinski definition) is 4. The van der Waals surface area contributed by atoms with E-state index in [1.54, 1.807) is 24.4 Å². The zero-order chi connectivity index (χ0) is 18.7. The lowest BCUT2D eigenvalue weighted by Crippen LogP contribution is -2.47. The van der Waals surface area contributed by atoms with E-state index >= 15 is 0 Å². The van der Waals surface area contributed by atoms with E-state index in [1.165, 1.54) is 4.68 Å². The molecule has 1 amide bonds. The summed E-state index contributed by atoms with van der Waals surface area (Å²) in [6.45, 7) is 6.59. The van der Waals surface area contributed by atoms with Crippen LogP contribution in [-0.2, 0) is 11.3 Å². The number of halogens is 2. The topological polar surface area (TPSA) is 63.1 Å². The largest absolute Gasteiger partial charge is 0.352 e. The Hall–Kier alpha value is -1.63. The number of hydrogen-bond donors (Lipinski definition) is 1. The molecular formula is C18H23Cl2N5O. The van der Waals surface area contributed by atoms with Gasteiger partial charge in [-0.2, -0.15) is 0 Å². The number of piperidine rings is 1. The molecule has 1 N–H and O–H groups in total. The molecule has 2 aromatic rings. The summed E-state index contributed by atoms with van der Waals surface area (Å²) in [6, 6.07) is 5.98. The molecule has 0 bridgehead atoms. The number of amides is 1. The lowest BCUT2D eigenvalue weighted by molar-refractivity contribution is -0.122. The van der Waals surface area contributed by atoms with Crippen LogP contribution in [0.5, 0.6) is 0 Å². The summed E-state index contributed by atoms with van der Waals surface area (Å²) in [6.07, 6.45) is 3.68. The van der Waals surface area contributed by atoms with Crippen LogP contribution in [0, 0.1) is 0 Å². The second kappa shape index (κ2) is 8.37. The Morgan fingerprint density at radius 3 is 2.50 bits per heavy atom. The van der Waals surface area contributed by atoms with E-state index in [9.17, 15) is 4.79 Å². The maximum absolute atomic E-state index is 12.3. The highest BCUT2D eigenvalue weighted by atomic mass is 35.5. The molecule has 1 aliphatic heterocycles. The number of nitrogens with zero attached hydrogens (tertiary/aromatic N) is 4. The second-order valence-electron chi connectivity index (χ2n) is 6.93. The fourth-order valence-electron chi connectivity index (χ4n) is 3.19. The molecule has 0 aliphatic carbocycles. The van der Waals surface area contributed by atoms with Gasteiger partial charge in [0.25, 0.3) is 0 Å². The number of nitrogens with one attached hydrogen (secondary N) is 1. The first kappa shape index (κ1) is 19.1.